The molecule has 0 radical (unpaired) electrons. The van der Waals surface area contributed by atoms with Crippen LogP contribution in [0.15, 0.2) is 12.2 Å². The van der Waals surface area contributed by atoms with Crippen LogP contribution in [0.1, 0.15) is 32.6 Å². The van der Waals surface area contributed by atoms with Crippen LogP contribution in [0.4, 0.5) is 0 Å². The van der Waals surface area contributed by atoms with E-state index in [-0.39, 0.29) is 0 Å². The Labute approximate surface area is 73.3 Å². The lowest BCUT2D eigenvalue weighted by Gasteiger charge is -2.12. The van der Waals surface area contributed by atoms with Gasteiger partial charge in [0.05, 0.1) is 0 Å². The number of aliphatic carboxylic acids is 1. The second kappa shape index (κ2) is 4.29. The van der Waals surface area contributed by atoms with E-state index in [1.807, 2.05) is 13.0 Å². The molecule has 0 bridgehead atoms. The third-order valence-electron chi connectivity index (χ3n) is 2.59. The summed E-state index contributed by atoms with van der Waals surface area (Å²) >= 11 is 0. The van der Waals surface area contributed by atoms with Gasteiger partial charge >= 0.3 is 5.97 Å². The van der Waals surface area contributed by atoms with Gasteiger partial charge in [0.15, 0.2) is 0 Å². The highest BCUT2D eigenvalue weighted by atomic mass is 16.4. The Hall–Kier alpha value is -0.790. The van der Waals surface area contributed by atoms with Crippen LogP contribution < -0.4 is 0 Å². The maximum atomic E-state index is 10.5. The molecule has 0 aromatic carbocycles. The third kappa shape index (κ3) is 2.36. The molecule has 0 heterocycles. The first kappa shape index (κ1) is 9.30. The van der Waals surface area contributed by atoms with Gasteiger partial charge in [0.1, 0.15) is 0 Å². The normalized spacial score (nSPS) is 29.8. The standard InChI is InChI=1S/C10H16O2/c1-2-4-8-5-3-6-9(8)7-10(11)12/h2,4,8-9H,3,5-7H2,1H3,(H,11,12)/b4-2+/t8?,9-/m1/s1. The van der Waals surface area contributed by atoms with Crippen LogP contribution in [0.5, 0.6) is 0 Å². The SMILES string of the molecule is C/C=C/C1CCC[C@@H]1CC(=O)O. The molecule has 2 nitrogen and oxygen atoms in total. The Balaban J connectivity index is 2.46. The minimum atomic E-state index is -0.656. The maximum Gasteiger partial charge on any atom is 0.303 e. The van der Waals surface area contributed by atoms with Crippen molar-refractivity contribution in [2.45, 2.75) is 32.6 Å². The van der Waals surface area contributed by atoms with Gasteiger partial charge in [0.2, 0.25) is 0 Å². The maximum absolute atomic E-state index is 10.5. The summed E-state index contributed by atoms with van der Waals surface area (Å²) in [6, 6.07) is 0. The number of carbonyl (C=O) groups is 1. The summed E-state index contributed by atoms with van der Waals surface area (Å²) < 4.78 is 0. The lowest BCUT2D eigenvalue weighted by molar-refractivity contribution is -0.138. The van der Waals surface area contributed by atoms with Gasteiger partial charge in [-0.1, -0.05) is 18.6 Å². The molecule has 1 aliphatic carbocycles. The summed E-state index contributed by atoms with van der Waals surface area (Å²) in [5.41, 5.74) is 0. The Morgan fingerprint density at radius 2 is 2.33 bits per heavy atom. The molecular weight excluding hydrogens is 152 g/mol. The molecular formula is C10H16O2. The zero-order valence-electron chi connectivity index (χ0n) is 7.49. The smallest absolute Gasteiger partial charge is 0.303 e. The Kier molecular flexibility index (Phi) is 3.32. The zero-order chi connectivity index (χ0) is 8.97. The number of carboxylic acid groups (broad SMARTS) is 1. The molecule has 1 rings (SSSR count). The fourth-order valence-electron chi connectivity index (χ4n) is 2.04. The van der Waals surface area contributed by atoms with Crippen LogP contribution in [0.3, 0.4) is 0 Å². The first-order valence-electron chi connectivity index (χ1n) is 4.58. The van der Waals surface area contributed by atoms with Crippen molar-refractivity contribution in [1.82, 2.24) is 0 Å². The highest BCUT2D eigenvalue weighted by Gasteiger charge is 2.26. The van der Waals surface area contributed by atoms with Crippen molar-refractivity contribution in [1.29, 1.82) is 0 Å². The van der Waals surface area contributed by atoms with E-state index in [9.17, 15) is 4.79 Å². The van der Waals surface area contributed by atoms with Crippen molar-refractivity contribution < 1.29 is 9.90 Å². The van der Waals surface area contributed by atoms with Crippen molar-refractivity contribution in [3.05, 3.63) is 12.2 Å². The second-order valence-electron chi connectivity index (χ2n) is 3.48. The summed E-state index contributed by atoms with van der Waals surface area (Å²) in [4.78, 5) is 10.5. The number of allylic oxidation sites excluding steroid dienone is 2. The van der Waals surface area contributed by atoms with Crippen molar-refractivity contribution in [3.63, 3.8) is 0 Å². The van der Waals surface area contributed by atoms with Gasteiger partial charge in [0.25, 0.3) is 0 Å². The predicted molar refractivity (Wildman–Crippen MR) is 47.9 cm³/mol. The lowest BCUT2D eigenvalue weighted by Crippen LogP contribution is -2.10. The van der Waals surface area contributed by atoms with Gasteiger partial charge in [0, 0.05) is 6.42 Å². The first-order valence-corrected chi connectivity index (χ1v) is 4.58. The molecule has 68 valence electrons. The van der Waals surface area contributed by atoms with Crippen LogP contribution in [0, 0.1) is 11.8 Å². The average molecular weight is 168 g/mol. The molecule has 2 heteroatoms. The highest BCUT2D eigenvalue weighted by molar-refractivity contribution is 5.67. The van der Waals surface area contributed by atoms with Crippen molar-refractivity contribution in [3.8, 4) is 0 Å². The van der Waals surface area contributed by atoms with Gasteiger partial charge in [-0.25, -0.2) is 0 Å². The lowest BCUT2D eigenvalue weighted by atomic mass is 9.93. The van der Waals surface area contributed by atoms with E-state index in [4.69, 9.17) is 5.11 Å². The van der Waals surface area contributed by atoms with Crippen molar-refractivity contribution >= 4 is 5.97 Å². The molecule has 0 aliphatic heterocycles. The molecule has 0 aromatic heterocycles. The zero-order valence-corrected chi connectivity index (χ0v) is 7.49. The largest absolute Gasteiger partial charge is 0.481 e. The molecule has 1 N–H and O–H groups in total. The van der Waals surface area contributed by atoms with E-state index in [2.05, 4.69) is 6.08 Å². The minimum Gasteiger partial charge on any atom is -0.481 e. The van der Waals surface area contributed by atoms with Crippen LogP contribution in [0.25, 0.3) is 0 Å². The predicted octanol–water partition coefficient (Wildman–Crippen LogP) is 2.45. The van der Waals surface area contributed by atoms with Crippen molar-refractivity contribution in [2.24, 2.45) is 11.8 Å². The van der Waals surface area contributed by atoms with Gasteiger partial charge in [-0.15, -0.1) is 0 Å². The van der Waals surface area contributed by atoms with E-state index in [0.717, 1.165) is 6.42 Å². The minimum absolute atomic E-state index is 0.342. The number of carboxylic acids is 1. The van der Waals surface area contributed by atoms with E-state index in [1.54, 1.807) is 0 Å². The van der Waals surface area contributed by atoms with Crippen LogP contribution in [0.2, 0.25) is 0 Å². The third-order valence-corrected chi connectivity index (χ3v) is 2.59. The molecule has 1 fully saturated rings. The summed E-state index contributed by atoms with van der Waals surface area (Å²) in [5, 5.41) is 8.64. The van der Waals surface area contributed by atoms with Gasteiger partial charge in [-0.05, 0) is 31.6 Å². The topological polar surface area (TPSA) is 37.3 Å². The van der Waals surface area contributed by atoms with Crippen molar-refractivity contribution in [2.75, 3.05) is 0 Å². The Morgan fingerprint density at radius 1 is 1.58 bits per heavy atom. The first-order chi connectivity index (χ1) is 5.74. The number of hydrogen-bond donors (Lipinski definition) is 1. The van der Waals surface area contributed by atoms with Gasteiger partial charge in [-0.3, -0.25) is 4.79 Å². The van der Waals surface area contributed by atoms with E-state index in [1.165, 1.54) is 12.8 Å². The monoisotopic (exact) mass is 168 g/mol. The highest BCUT2D eigenvalue weighted by Crippen LogP contribution is 2.34. The summed E-state index contributed by atoms with van der Waals surface area (Å²) in [7, 11) is 0. The quantitative estimate of drug-likeness (QED) is 0.657. The molecule has 1 saturated carbocycles. The van der Waals surface area contributed by atoms with Crippen LogP contribution >= 0.6 is 0 Å². The Morgan fingerprint density at radius 3 is 2.92 bits per heavy atom. The molecule has 12 heavy (non-hydrogen) atoms. The molecule has 0 amide bonds. The second-order valence-corrected chi connectivity index (χ2v) is 3.48. The van der Waals surface area contributed by atoms with E-state index >= 15 is 0 Å². The molecule has 1 aliphatic rings. The summed E-state index contributed by atoms with van der Waals surface area (Å²) in [6.45, 7) is 2.00. The summed E-state index contributed by atoms with van der Waals surface area (Å²) in [5.74, 6) is 0.251. The Bertz CT molecular complexity index is 184. The fourth-order valence-corrected chi connectivity index (χ4v) is 2.04. The van der Waals surface area contributed by atoms with Crippen LogP contribution in [-0.2, 0) is 4.79 Å². The molecule has 1 unspecified atom stereocenters. The van der Waals surface area contributed by atoms with E-state index < -0.39 is 5.97 Å². The molecule has 0 aromatic rings. The molecule has 0 spiro atoms. The van der Waals surface area contributed by atoms with Gasteiger partial charge in [-0.2, -0.15) is 0 Å². The molecule has 0 saturated heterocycles. The van der Waals surface area contributed by atoms with Gasteiger partial charge < -0.3 is 5.11 Å². The summed E-state index contributed by atoms with van der Waals surface area (Å²) in [6.07, 6.45) is 7.97. The van der Waals surface area contributed by atoms with Crippen LogP contribution in [-0.4, -0.2) is 11.1 Å². The molecule has 2 atom stereocenters. The number of rotatable bonds is 3. The average Bonchev–Trinajstić information content (AvgIpc) is 2.37. The fraction of sp³-hybridized carbons (Fsp3) is 0.700. The number of hydrogen-bond acceptors (Lipinski definition) is 1. The van der Waals surface area contributed by atoms with E-state index in [0.29, 0.717) is 18.3 Å².